The second-order valence-electron chi connectivity index (χ2n) is 3.93. The molecule has 1 fully saturated rings. The number of aromatic nitrogens is 2. The number of aryl methyl sites for hydroxylation is 1. The number of rotatable bonds is 2. The first-order valence-electron chi connectivity index (χ1n) is 4.78. The first-order chi connectivity index (χ1) is 7.32. The zero-order chi connectivity index (χ0) is 12.0. The van der Waals surface area contributed by atoms with Gasteiger partial charge in [-0.25, -0.2) is 9.97 Å². The molecule has 1 aromatic heterocycles. The minimum atomic E-state index is -4.26. The lowest BCUT2D eigenvalue weighted by molar-refractivity contribution is -0.151. The average molecular weight is 232 g/mol. The topological polar surface area (TPSA) is 63.8 Å². The van der Waals surface area contributed by atoms with E-state index in [-0.39, 0.29) is 24.5 Å². The maximum absolute atomic E-state index is 12.6. The fourth-order valence-electron chi connectivity index (χ4n) is 1.50. The van der Waals surface area contributed by atoms with Gasteiger partial charge in [0.05, 0.1) is 0 Å². The smallest absolute Gasteiger partial charge is 0.384 e. The maximum Gasteiger partial charge on any atom is 0.411 e. The van der Waals surface area contributed by atoms with Gasteiger partial charge in [-0.3, -0.25) is 0 Å². The zero-order valence-corrected chi connectivity index (χ0v) is 8.60. The molecule has 1 aliphatic rings. The third kappa shape index (κ3) is 1.89. The van der Waals surface area contributed by atoms with Crippen LogP contribution in [0, 0.1) is 6.92 Å². The summed E-state index contributed by atoms with van der Waals surface area (Å²) in [4.78, 5) is 7.66. The Morgan fingerprint density at radius 2 is 2.00 bits per heavy atom. The summed E-state index contributed by atoms with van der Waals surface area (Å²) < 4.78 is 37.9. The van der Waals surface area contributed by atoms with Crippen LogP contribution in [0.2, 0.25) is 0 Å². The van der Waals surface area contributed by atoms with E-state index in [0.29, 0.717) is 5.82 Å². The molecule has 1 heterocycles. The second-order valence-corrected chi connectivity index (χ2v) is 3.93. The number of hydrogen-bond donors (Lipinski definition) is 2. The van der Waals surface area contributed by atoms with Crippen LogP contribution >= 0.6 is 0 Å². The number of nitrogen functional groups attached to an aromatic ring is 1. The third-order valence-electron chi connectivity index (χ3n) is 2.52. The third-order valence-corrected chi connectivity index (χ3v) is 2.52. The van der Waals surface area contributed by atoms with Gasteiger partial charge in [-0.2, -0.15) is 13.2 Å². The normalized spacial score (nSPS) is 18.2. The predicted molar refractivity (Wildman–Crippen MR) is 52.8 cm³/mol. The van der Waals surface area contributed by atoms with Crippen molar-refractivity contribution in [2.45, 2.75) is 31.5 Å². The van der Waals surface area contributed by atoms with E-state index in [0.717, 1.165) is 0 Å². The number of alkyl halides is 3. The number of nitrogens with zero attached hydrogens (tertiary/aromatic N) is 2. The standard InChI is InChI=1S/C9H11F3N4/c1-5-14-6(13)4-7(15-5)16-8(2-3-8)9(10,11)12/h4H,2-3H2,1H3,(H3,13,14,15,16). The van der Waals surface area contributed by atoms with Crippen LogP contribution in [-0.4, -0.2) is 21.7 Å². The van der Waals surface area contributed by atoms with Crippen molar-refractivity contribution in [1.82, 2.24) is 9.97 Å². The number of anilines is 2. The van der Waals surface area contributed by atoms with E-state index in [4.69, 9.17) is 5.73 Å². The molecular formula is C9H11F3N4. The van der Waals surface area contributed by atoms with Crippen LogP contribution in [-0.2, 0) is 0 Å². The highest BCUT2D eigenvalue weighted by molar-refractivity contribution is 5.48. The second kappa shape index (κ2) is 3.23. The summed E-state index contributed by atoms with van der Waals surface area (Å²) in [5.74, 6) is 0.633. The Bertz CT molecular complexity index is 391. The molecule has 1 saturated carbocycles. The lowest BCUT2D eigenvalue weighted by atomic mass is 10.2. The van der Waals surface area contributed by atoms with Gasteiger partial charge in [0.2, 0.25) is 0 Å². The molecule has 4 nitrogen and oxygen atoms in total. The number of nitrogens with one attached hydrogen (secondary N) is 1. The van der Waals surface area contributed by atoms with Gasteiger partial charge < -0.3 is 11.1 Å². The van der Waals surface area contributed by atoms with Gasteiger partial charge in [-0.1, -0.05) is 0 Å². The SMILES string of the molecule is Cc1nc(N)cc(NC2(C(F)(F)F)CC2)n1. The number of halogens is 3. The Morgan fingerprint density at radius 3 is 2.44 bits per heavy atom. The average Bonchev–Trinajstić information content (AvgIpc) is 2.81. The Labute approximate surface area is 90.1 Å². The Kier molecular flexibility index (Phi) is 2.21. The van der Waals surface area contributed by atoms with Crippen LogP contribution in [0.1, 0.15) is 18.7 Å². The first-order valence-corrected chi connectivity index (χ1v) is 4.78. The maximum atomic E-state index is 12.6. The first kappa shape index (κ1) is 11.0. The van der Waals surface area contributed by atoms with Gasteiger partial charge in [-0.05, 0) is 19.8 Å². The molecule has 0 amide bonds. The molecule has 0 saturated heterocycles. The summed E-state index contributed by atoms with van der Waals surface area (Å²) >= 11 is 0. The largest absolute Gasteiger partial charge is 0.411 e. The molecule has 2 rings (SSSR count). The number of hydrogen-bond acceptors (Lipinski definition) is 4. The van der Waals surface area contributed by atoms with Crippen molar-refractivity contribution in [3.05, 3.63) is 11.9 Å². The van der Waals surface area contributed by atoms with E-state index in [9.17, 15) is 13.2 Å². The monoisotopic (exact) mass is 232 g/mol. The lowest BCUT2D eigenvalue weighted by Gasteiger charge is -2.21. The molecular weight excluding hydrogens is 221 g/mol. The van der Waals surface area contributed by atoms with Crippen molar-refractivity contribution in [2.24, 2.45) is 0 Å². The molecule has 3 N–H and O–H groups in total. The van der Waals surface area contributed by atoms with Gasteiger partial charge >= 0.3 is 6.18 Å². The summed E-state index contributed by atoms with van der Waals surface area (Å²) in [5, 5.41) is 2.39. The minimum absolute atomic E-state index is 0.0689. The van der Waals surface area contributed by atoms with Crippen molar-refractivity contribution in [3.63, 3.8) is 0 Å². The summed E-state index contributed by atoms with van der Waals surface area (Å²) in [7, 11) is 0. The van der Waals surface area contributed by atoms with Crippen LogP contribution in [0.3, 0.4) is 0 Å². The predicted octanol–water partition coefficient (Wildman–Crippen LogP) is 1.87. The summed E-state index contributed by atoms with van der Waals surface area (Å²) in [6.07, 6.45) is -4.13. The summed E-state index contributed by atoms with van der Waals surface area (Å²) in [6, 6.07) is 1.30. The fraction of sp³-hybridized carbons (Fsp3) is 0.556. The molecule has 0 aromatic carbocycles. The van der Waals surface area contributed by atoms with Gasteiger partial charge in [0.1, 0.15) is 23.0 Å². The van der Waals surface area contributed by atoms with E-state index in [1.165, 1.54) is 6.07 Å². The van der Waals surface area contributed by atoms with Crippen molar-refractivity contribution >= 4 is 11.6 Å². The van der Waals surface area contributed by atoms with E-state index in [2.05, 4.69) is 15.3 Å². The molecule has 0 aliphatic heterocycles. The molecule has 1 aromatic rings. The van der Waals surface area contributed by atoms with Crippen LogP contribution in [0.4, 0.5) is 24.8 Å². The Balaban J connectivity index is 2.22. The molecule has 7 heteroatoms. The molecule has 0 unspecified atom stereocenters. The Morgan fingerprint density at radius 1 is 1.38 bits per heavy atom. The van der Waals surface area contributed by atoms with Crippen molar-refractivity contribution < 1.29 is 13.2 Å². The molecule has 88 valence electrons. The molecule has 1 aliphatic carbocycles. The van der Waals surface area contributed by atoms with Gasteiger partial charge in [-0.15, -0.1) is 0 Å². The fourth-order valence-corrected chi connectivity index (χ4v) is 1.50. The molecule has 0 spiro atoms. The molecule has 0 bridgehead atoms. The van der Waals surface area contributed by atoms with Gasteiger partial charge in [0.15, 0.2) is 0 Å². The quantitative estimate of drug-likeness (QED) is 0.817. The van der Waals surface area contributed by atoms with Crippen molar-refractivity contribution in [3.8, 4) is 0 Å². The van der Waals surface area contributed by atoms with Crippen LogP contribution in [0.15, 0.2) is 6.07 Å². The number of nitrogens with two attached hydrogens (primary N) is 1. The van der Waals surface area contributed by atoms with E-state index in [1.54, 1.807) is 6.92 Å². The molecule has 16 heavy (non-hydrogen) atoms. The van der Waals surface area contributed by atoms with Gasteiger partial charge in [0, 0.05) is 6.07 Å². The zero-order valence-electron chi connectivity index (χ0n) is 8.60. The Hall–Kier alpha value is -1.53. The minimum Gasteiger partial charge on any atom is -0.384 e. The molecule has 0 radical (unpaired) electrons. The highest BCUT2D eigenvalue weighted by Crippen LogP contribution is 2.50. The van der Waals surface area contributed by atoms with Crippen LogP contribution < -0.4 is 11.1 Å². The summed E-state index contributed by atoms with van der Waals surface area (Å²) in [6.45, 7) is 1.58. The highest BCUT2D eigenvalue weighted by Gasteiger charge is 2.63. The van der Waals surface area contributed by atoms with Crippen molar-refractivity contribution in [1.29, 1.82) is 0 Å². The lowest BCUT2D eigenvalue weighted by Crippen LogP contribution is -2.39. The van der Waals surface area contributed by atoms with E-state index >= 15 is 0 Å². The van der Waals surface area contributed by atoms with Crippen LogP contribution in [0.25, 0.3) is 0 Å². The summed E-state index contributed by atoms with van der Waals surface area (Å²) in [5.41, 5.74) is 3.62. The molecule has 0 atom stereocenters. The van der Waals surface area contributed by atoms with E-state index < -0.39 is 11.7 Å². The van der Waals surface area contributed by atoms with Crippen LogP contribution in [0.5, 0.6) is 0 Å². The highest BCUT2D eigenvalue weighted by atomic mass is 19.4. The van der Waals surface area contributed by atoms with Crippen molar-refractivity contribution in [2.75, 3.05) is 11.1 Å². The van der Waals surface area contributed by atoms with E-state index in [1.807, 2.05) is 0 Å². The van der Waals surface area contributed by atoms with Gasteiger partial charge in [0.25, 0.3) is 0 Å².